The van der Waals surface area contributed by atoms with Gasteiger partial charge in [-0.1, -0.05) is 49.9 Å². The fourth-order valence-corrected chi connectivity index (χ4v) is 3.95. The zero-order valence-corrected chi connectivity index (χ0v) is 18.4. The highest BCUT2D eigenvalue weighted by atomic mass is 32.2. The minimum Gasteiger partial charge on any atom is -0.325 e. The van der Waals surface area contributed by atoms with E-state index in [1.165, 1.54) is 11.8 Å². The predicted octanol–water partition coefficient (Wildman–Crippen LogP) is 5.16. The SMILES string of the molecule is C=CCn1c(S[C@H](C)C(=O)Nc2ccccc2[C@H](C)CC)nnc1-c1ccncc1. The second-order valence-corrected chi connectivity index (χ2v) is 8.40. The largest absolute Gasteiger partial charge is 0.325 e. The maximum absolute atomic E-state index is 12.9. The Morgan fingerprint density at radius 3 is 2.63 bits per heavy atom. The minimum atomic E-state index is -0.340. The van der Waals surface area contributed by atoms with Crippen molar-refractivity contribution >= 4 is 23.4 Å². The highest BCUT2D eigenvalue weighted by Crippen LogP contribution is 2.29. The van der Waals surface area contributed by atoms with Crippen molar-refractivity contribution in [3.8, 4) is 11.4 Å². The van der Waals surface area contributed by atoms with Crippen molar-refractivity contribution in [3.63, 3.8) is 0 Å². The number of aromatic nitrogens is 4. The van der Waals surface area contributed by atoms with E-state index in [9.17, 15) is 4.79 Å². The van der Waals surface area contributed by atoms with E-state index in [1.54, 1.807) is 18.5 Å². The number of pyridine rings is 1. The third-order valence-electron chi connectivity index (χ3n) is 4.98. The summed E-state index contributed by atoms with van der Waals surface area (Å²) in [5.74, 6) is 1.05. The lowest BCUT2D eigenvalue weighted by molar-refractivity contribution is -0.115. The van der Waals surface area contributed by atoms with Crippen LogP contribution in [0, 0.1) is 0 Å². The molecule has 6 nitrogen and oxygen atoms in total. The Morgan fingerprint density at radius 1 is 1.20 bits per heavy atom. The Hall–Kier alpha value is -2.93. The van der Waals surface area contributed by atoms with Crippen LogP contribution in [0.25, 0.3) is 11.4 Å². The van der Waals surface area contributed by atoms with Crippen LogP contribution >= 0.6 is 11.8 Å². The van der Waals surface area contributed by atoms with Gasteiger partial charge in [-0.05, 0) is 43.0 Å². The molecular formula is C23H27N5OS. The molecule has 0 saturated carbocycles. The van der Waals surface area contributed by atoms with E-state index in [0.717, 1.165) is 29.1 Å². The maximum Gasteiger partial charge on any atom is 0.237 e. The van der Waals surface area contributed by atoms with E-state index < -0.39 is 0 Å². The van der Waals surface area contributed by atoms with Crippen LogP contribution in [-0.4, -0.2) is 30.9 Å². The molecule has 0 fully saturated rings. The summed E-state index contributed by atoms with van der Waals surface area (Å²) in [6, 6.07) is 11.8. The Kier molecular flexibility index (Phi) is 7.41. The van der Waals surface area contributed by atoms with E-state index in [0.29, 0.717) is 17.6 Å². The molecule has 2 heterocycles. The molecule has 7 heteroatoms. The van der Waals surface area contributed by atoms with E-state index in [4.69, 9.17) is 0 Å². The molecule has 1 N–H and O–H groups in total. The van der Waals surface area contributed by atoms with Crippen LogP contribution in [0.3, 0.4) is 0 Å². The van der Waals surface area contributed by atoms with Crippen LogP contribution in [0.5, 0.6) is 0 Å². The van der Waals surface area contributed by atoms with Gasteiger partial charge in [0.1, 0.15) is 0 Å². The third-order valence-corrected chi connectivity index (χ3v) is 6.06. The van der Waals surface area contributed by atoms with Gasteiger partial charge in [0.15, 0.2) is 11.0 Å². The molecule has 0 bridgehead atoms. The second-order valence-electron chi connectivity index (χ2n) is 7.09. The number of amides is 1. The number of carbonyl (C=O) groups is 1. The van der Waals surface area contributed by atoms with Gasteiger partial charge >= 0.3 is 0 Å². The molecule has 1 amide bonds. The summed E-state index contributed by atoms with van der Waals surface area (Å²) in [5, 5.41) is 12.1. The number of para-hydroxylation sites is 1. The average molecular weight is 422 g/mol. The van der Waals surface area contributed by atoms with Gasteiger partial charge in [0.05, 0.1) is 5.25 Å². The first-order chi connectivity index (χ1) is 14.5. The maximum atomic E-state index is 12.9. The number of nitrogens with one attached hydrogen (secondary N) is 1. The summed E-state index contributed by atoms with van der Waals surface area (Å²) < 4.78 is 1.96. The van der Waals surface area contributed by atoms with E-state index in [-0.39, 0.29) is 11.2 Å². The molecule has 156 valence electrons. The molecule has 1 aromatic carbocycles. The number of rotatable bonds is 9. The van der Waals surface area contributed by atoms with Crippen molar-refractivity contribution in [2.24, 2.45) is 0 Å². The monoisotopic (exact) mass is 421 g/mol. The number of carbonyl (C=O) groups excluding carboxylic acids is 1. The topological polar surface area (TPSA) is 72.7 Å². The fraction of sp³-hybridized carbons (Fsp3) is 0.304. The number of nitrogens with zero attached hydrogens (tertiary/aromatic N) is 4. The van der Waals surface area contributed by atoms with Gasteiger partial charge in [-0.2, -0.15) is 0 Å². The number of hydrogen-bond donors (Lipinski definition) is 1. The number of benzene rings is 1. The zero-order valence-electron chi connectivity index (χ0n) is 17.6. The van der Waals surface area contributed by atoms with Gasteiger partial charge in [-0.25, -0.2) is 0 Å². The van der Waals surface area contributed by atoms with Gasteiger partial charge in [-0.3, -0.25) is 14.3 Å². The van der Waals surface area contributed by atoms with E-state index >= 15 is 0 Å². The van der Waals surface area contributed by atoms with Gasteiger partial charge in [-0.15, -0.1) is 16.8 Å². The standard InChI is InChI=1S/C23H27N5OS/c1-5-15-28-21(18-11-13-24-14-12-18)26-27-23(28)30-17(4)22(29)25-20-10-8-7-9-19(20)16(3)6-2/h5,7-14,16-17H,1,6,15H2,2-4H3,(H,25,29)/t16-,17-/m1/s1. The van der Waals surface area contributed by atoms with E-state index in [2.05, 4.69) is 47.0 Å². The third kappa shape index (κ3) is 4.97. The zero-order chi connectivity index (χ0) is 21.5. The quantitative estimate of drug-likeness (QED) is 0.382. The lowest BCUT2D eigenvalue weighted by Crippen LogP contribution is -2.23. The van der Waals surface area contributed by atoms with Crippen molar-refractivity contribution in [1.29, 1.82) is 0 Å². The summed E-state index contributed by atoms with van der Waals surface area (Å²) in [7, 11) is 0. The van der Waals surface area contributed by atoms with Crippen LogP contribution in [0.2, 0.25) is 0 Å². The first-order valence-electron chi connectivity index (χ1n) is 10.1. The molecule has 0 spiro atoms. The van der Waals surface area contributed by atoms with Crippen LogP contribution in [0.15, 0.2) is 66.6 Å². The molecule has 0 aliphatic heterocycles. The highest BCUT2D eigenvalue weighted by Gasteiger charge is 2.21. The lowest BCUT2D eigenvalue weighted by atomic mass is 9.97. The van der Waals surface area contributed by atoms with Gasteiger partial charge in [0.2, 0.25) is 5.91 Å². The molecule has 3 rings (SSSR count). The Balaban J connectivity index is 1.78. The predicted molar refractivity (Wildman–Crippen MR) is 123 cm³/mol. The molecule has 0 aliphatic carbocycles. The van der Waals surface area contributed by atoms with Crippen LogP contribution in [-0.2, 0) is 11.3 Å². The van der Waals surface area contributed by atoms with E-state index in [1.807, 2.05) is 41.8 Å². The first kappa shape index (κ1) is 21.8. The normalized spacial score (nSPS) is 12.9. The number of allylic oxidation sites excluding steroid dienone is 1. The summed E-state index contributed by atoms with van der Waals surface area (Å²) in [6.45, 7) is 10.6. The molecule has 0 radical (unpaired) electrons. The molecule has 0 unspecified atom stereocenters. The summed E-state index contributed by atoms with van der Waals surface area (Å²) in [4.78, 5) is 17.0. The minimum absolute atomic E-state index is 0.0608. The molecule has 0 saturated heterocycles. The first-order valence-corrected chi connectivity index (χ1v) is 10.9. The van der Waals surface area contributed by atoms with Crippen molar-refractivity contribution < 1.29 is 4.79 Å². The Morgan fingerprint density at radius 2 is 1.93 bits per heavy atom. The average Bonchev–Trinajstić information content (AvgIpc) is 3.16. The molecule has 3 aromatic rings. The van der Waals surface area contributed by atoms with Crippen LogP contribution in [0.4, 0.5) is 5.69 Å². The van der Waals surface area contributed by atoms with Crippen molar-refractivity contribution in [2.75, 3.05) is 5.32 Å². The lowest BCUT2D eigenvalue weighted by Gasteiger charge is -2.17. The highest BCUT2D eigenvalue weighted by molar-refractivity contribution is 8.00. The van der Waals surface area contributed by atoms with Crippen molar-refractivity contribution in [2.45, 2.75) is 50.1 Å². The van der Waals surface area contributed by atoms with Gasteiger partial charge in [0.25, 0.3) is 0 Å². The molecule has 30 heavy (non-hydrogen) atoms. The number of hydrogen-bond acceptors (Lipinski definition) is 5. The fourth-order valence-electron chi connectivity index (χ4n) is 3.09. The molecule has 0 aliphatic rings. The summed E-state index contributed by atoms with van der Waals surface area (Å²) >= 11 is 1.39. The summed E-state index contributed by atoms with van der Waals surface area (Å²) in [5.41, 5.74) is 2.94. The van der Waals surface area contributed by atoms with Crippen LogP contribution in [0.1, 0.15) is 38.7 Å². The van der Waals surface area contributed by atoms with Gasteiger partial charge in [0, 0.05) is 30.2 Å². The molecule has 2 aromatic heterocycles. The smallest absolute Gasteiger partial charge is 0.237 e. The molecule has 2 atom stereocenters. The second kappa shape index (κ2) is 10.2. The Bertz CT molecular complexity index is 1000. The van der Waals surface area contributed by atoms with Crippen molar-refractivity contribution in [1.82, 2.24) is 19.7 Å². The Labute approximate surface area is 181 Å². The number of thioether (sulfide) groups is 1. The molecular weight excluding hydrogens is 394 g/mol. The van der Waals surface area contributed by atoms with Crippen molar-refractivity contribution in [3.05, 3.63) is 67.0 Å². The van der Waals surface area contributed by atoms with Gasteiger partial charge < -0.3 is 5.32 Å². The summed E-state index contributed by atoms with van der Waals surface area (Å²) in [6.07, 6.45) is 6.25. The van der Waals surface area contributed by atoms with Crippen LogP contribution < -0.4 is 5.32 Å². The number of anilines is 1.